The van der Waals surface area contributed by atoms with Gasteiger partial charge in [0.25, 0.3) is 0 Å². The molecule has 0 rings (SSSR count). The Labute approximate surface area is 83.5 Å². The number of rotatable bonds is 0. The van der Waals surface area contributed by atoms with E-state index < -0.39 is 8.63 Å². The van der Waals surface area contributed by atoms with Crippen molar-refractivity contribution in [3.05, 3.63) is 0 Å². The summed E-state index contributed by atoms with van der Waals surface area (Å²) < 4.78 is 59.3. The zero-order valence-corrected chi connectivity index (χ0v) is 8.07. The quantitative estimate of drug-likeness (QED) is 0.254. The Morgan fingerprint density at radius 1 is 0.429 bits per heavy atom. The minimum atomic E-state index is -10.8. The van der Waals surface area contributed by atoms with Crippen molar-refractivity contribution >= 4 is 8.63 Å². The van der Waals surface area contributed by atoms with Gasteiger partial charge >= 0.3 is 49.8 Å². The molecule has 0 aliphatic carbocycles. The molecule has 0 heterocycles. The summed E-state index contributed by atoms with van der Waals surface area (Å²) >= 11 is 0. The molecule has 0 unspecified atom stereocenters. The second-order valence-electron chi connectivity index (χ2n) is 1.07. The number of hydrogen-bond donors (Lipinski definition) is 0. The molecule has 0 aromatic rings. The molecule has 0 radical (unpaired) electrons. The van der Waals surface area contributed by atoms with Crippen LogP contribution in [0.3, 0.4) is 0 Å². The van der Waals surface area contributed by atoms with Crippen LogP contribution in [0.15, 0.2) is 0 Å². The number of hydrogen-bond acceptors (Lipinski definition) is 0. The van der Waals surface area contributed by atoms with Crippen LogP contribution in [0, 0.1) is 0 Å². The van der Waals surface area contributed by atoms with Crippen molar-refractivity contribution in [2.45, 2.75) is 0 Å². The SMILES string of the molecule is F[Si-2](F)(F)(F)(F)F.O.O.O.O.O.O.[Ni+2]. The fraction of sp³-hybridized carbons (Fsp3) is 0. The van der Waals surface area contributed by atoms with Gasteiger partial charge in [-0.1, -0.05) is 0 Å². The summed E-state index contributed by atoms with van der Waals surface area (Å²) in [6.45, 7) is 0. The Hall–Kier alpha value is 0.0504. The molecule has 104 valence electrons. The van der Waals surface area contributed by atoms with Gasteiger partial charge in [-0.3, -0.25) is 0 Å². The van der Waals surface area contributed by atoms with E-state index in [2.05, 4.69) is 0 Å². The monoisotopic (exact) mass is 308 g/mol. The maximum atomic E-state index is 9.88. The molecule has 0 aromatic carbocycles. The van der Waals surface area contributed by atoms with E-state index in [4.69, 9.17) is 0 Å². The summed E-state index contributed by atoms with van der Waals surface area (Å²) in [4.78, 5) is 0. The molecule has 14 heavy (non-hydrogen) atoms. The third kappa shape index (κ3) is 580000. The summed E-state index contributed by atoms with van der Waals surface area (Å²) in [5.74, 6) is 0. The van der Waals surface area contributed by atoms with Crippen molar-refractivity contribution in [3.8, 4) is 0 Å². The normalized spacial score (nSPS) is 11.6. The summed E-state index contributed by atoms with van der Waals surface area (Å²) in [6.07, 6.45) is 0. The summed E-state index contributed by atoms with van der Waals surface area (Å²) in [5, 5.41) is 0. The maximum Gasteiger partial charge on any atom is 2.00 e. The predicted octanol–water partition coefficient (Wildman–Crippen LogP) is -2.81. The Morgan fingerprint density at radius 3 is 0.429 bits per heavy atom. The van der Waals surface area contributed by atoms with E-state index in [-0.39, 0.29) is 49.3 Å². The van der Waals surface area contributed by atoms with Gasteiger partial charge in [0.2, 0.25) is 0 Å². The topological polar surface area (TPSA) is 189 Å². The molecule has 0 amide bonds. The zero-order valence-electron chi connectivity index (χ0n) is 6.08. The molecule has 0 saturated carbocycles. The first-order valence-electron chi connectivity index (χ1n) is 1.13. The van der Waals surface area contributed by atoms with Crippen molar-refractivity contribution in [3.63, 3.8) is 0 Å². The van der Waals surface area contributed by atoms with Gasteiger partial charge in [-0.05, 0) is 0 Å². The van der Waals surface area contributed by atoms with Crippen LogP contribution in [0.25, 0.3) is 0 Å². The molecule has 12 N–H and O–H groups in total. The molecule has 6 nitrogen and oxygen atoms in total. The van der Waals surface area contributed by atoms with Gasteiger partial charge in [-0.15, -0.1) is 0 Å². The maximum absolute atomic E-state index is 10.8. The molecule has 0 aliphatic rings. The van der Waals surface area contributed by atoms with E-state index in [9.17, 15) is 24.6 Å². The van der Waals surface area contributed by atoms with E-state index in [0.29, 0.717) is 0 Å². The molecule has 0 spiro atoms. The van der Waals surface area contributed by atoms with Crippen molar-refractivity contribution in [2.75, 3.05) is 0 Å². The largest absolute Gasteiger partial charge is 2.00 e. The summed E-state index contributed by atoms with van der Waals surface area (Å²) in [6, 6.07) is 0. The smallest absolute Gasteiger partial charge is 0.412 e. The second-order valence-corrected chi connectivity index (χ2v) is 3.21. The standard InChI is InChI=1S/F6Si.Ni.6H2O/c1-7(2,3,4,5)6;;;;;;;/h;;6*1H2/q-2;+2;;;;;;. The molecule has 0 atom stereocenters. The molecular weight excluding hydrogens is 297 g/mol. The van der Waals surface area contributed by atoms with Crippen LogP contribution in [-0.4, -0.2) is 41.5 Å². The average Bonchev–Trinajstić information content (AvgIpc) is 0.592. The van der Waals surface area contributed by atoms with Gasteiger partial charge in [0.15, 0.2) is 0 Å². The molecule has 0 saturated heterocycles. The van der Waals surface area contributed by atoms with E-state index >= 15 is 0 Å². The zero-order chi connectivity index (χ0) is 6.41. The van der Waals surface area contributed by atoms with Crippen molar-refractivity contribution < 1.29 is 74.0 Å². The third-order valence-corrected chi connectivity index (χ3v) is 0. The van der Waals surface area contributed by atoms with Crippen LogP contribution in [0.1, 0.15) is 0 Å². The minimum Gasteiger partial charge on any atom is -0.412 e. The van der Waals surface area contributed by atoms with Crippen molar-refractivity contribution in [1.82, 2.24) is 0 Å². The van der Waals surface area contributed by atoms with Crippen molar-refractivity contribution in [1.29, 1.82) is 0 Å². The van der Waals surface area contributed by atoms with Crippen LogP contribution < -0.4 is 0 Å². The van der Waals surface area contributed by atoms with Gasteiger partial charge in [0, 0.05) is 0 Å². The Balaban J connectivity index is -0.00000000857. The van der Waals surface area contributed by atoms with Gasteiger partial charge in [-0.2, -0.15) is 0 Å². The van der Waals surface area contributed by atoms with Gasteiger partial charge in [0.1, 0.15) is 0 Å². The van der Waals surface area contributed by atoms with Gasteiger partial charge in [-0.25, -0.2) is 0 Å². The molecule has 0 bridgehead atoms. The van der Waals surface area contributed by atoms with Gasteiger partial charge in [0.05, 0.1) is 0 Å². The van der Waals surface area contributed by atoms with Gasteiger partial charge < -0.3 is 32.9 Å². The predicted molar refractivity (Wildman–Crippen MR) is 34.1 cm³/mol. The fourth-order valence-corrected chi connectivity index (χ4v) is 0. The second kappa shape index (κ2) is 8.37. The van der Waals surface area contributed by atoms with Crippen LogP contribution >= 0.6 is 0 Å². The molecule has 0 fully saturated rings. The molecule has 0 aliphatic heterocycles. The van der Waals surface area contributed by atoms with Crippen LogP contribution in [-0.2, 0) is 16.5 Å². The average molecular weight is 309 g/mol. The molecule has 14 heteroatoms. The first-order chi connectivity index (χ1) is 2.45. The minimum absolute atomic E-state index is 0. The van der Waals surface area contributed by atoms with Crippen LogP contribution in [0.5, 0.6) is 0 Å². The Kier molecular flexibility index (Phi) is 39.1. The summed E-state index contributed by atoms with van der Waals surface area (Å²) in [5.41, 5.74) is 0. The Bertz CT molecular complexity index is 80.9. The fourth-order valence-electron chi connectivity index (χ4n) is 0. The van der Waals surface area contributed by atoms with E-state index in [1.165, 1.54) is 0 Å². The van der Waals surface area contributed by atoms with E-state index in [1.807, 2.05) is 0 Å². The molecular formula is H12F6NiO6Si. The molecule has 0 aromatic heterocycles. The summed E-state index contributed by atoms with van der Waals surface area (Å²) in [7, 11) is -10.8. The van der Waals surface area contributed by atoms with E-state index in [1.54, 1.807) is 0 Å². The number of halogens is 6. The van der Waals surface area contributed by atoms with E-state index in [0.717, 1.165) is 0 Å². The first kappa shape index (κ1) is 65.4. The first-order valence-corrected chi connectivity index (χ1v) is 3.40. The van der Waals surface area contributed by atoms with Crippen molar-refractivity contribution in [2.24, 2.45) is 0 Å². The Morgan fingerprint density at radius 2 is 0.429 bits per heavy atom. The third-order valence-electron chi connectivity index (χ3n) is 0. The van der Waals surface area contributed by atoms with Crippen LogP contribution in [0.2, 0.25) is 0 Å². The van der Waals surface area contributed by atoms with Crippen LogP contribution in [0.4, 0.5) is 24.6 Å².